The summed E-state index contributed by atoms with van der Waals surface area (Å²) in [6, 6.07) is 0.232. The molecular formula is C17H26N4O. The van der Waals surface area contributed by atoms with Gasteiger partial charge in [-0.1, -0.05) is 6.92 Å². The second-order valence-corrected chi connectivity index (χ2v) is 6.09. The molecule has 0 aliphatic rings. The average molecular weight is 302 g/mol. The summed E-state index contributed by atoms with van der Waals surface area (Å²) in [5.41, 5.74) is 5.27. The number of aryl methyl sites for hydroxylation is 4. The highest BCUT2D eigenvalue weighted by atomic mass is 16.1. The largest absolute Gasteiger partial charge is 0.354 e. The Morgan fingerprint density at radius 3 is 2.59 bits per heavy atom. The van der Waals surface area contributed by atoms with E-state index >= 15 is 0 Å². The fourth-order valence-corrected chi connectivity index (χ4v) is 2.92. The number of rotatable bonds is 5. The van der Waals surface area contributed by atoms with Crippen LogP contribution < -0.4 is 5.32 Å². The van der Waals surface area contributed by atoms with Gasteiger partial charge in [0.25, 0.3) is 0 Å². The first-order valence-corrected chi connectivity index (χ1v) is 7.93. The molecule has 5 heteroatoms. The summed E-state index contributed by atoms with van der Waals surface area (Å²) >= 11 is 0. The van der Waals surface area contributed by atoms with Crippen molar-refractivity contribution in [3.63, 3.8) is 0 Å². The monoisotopic (exact) mass is 302 g/mol. The summed E-state index contributed by atoms with van der Waals surface area (Å²) in [5, 5.41) is 8.59. The van der Waals surface area contributed by atoms with Crippen LogP contribution in [-0.4, -0.2) is 26.7 Å². The van der Waals surface area contributed by atoms with E-state index < -0.39 is 0 Å². The fourth-order valence-electron chi connectivity index (χ4n) is 2.92. The van der Waals surface area contributed by atoms with Crippen LogP contribution in [0.3, 0.4) is 0 Å². The Bertz CT molecular complexity index is 702. The van der Waals surface area contributed by atoms with Gasteiger partial charge in [-0.15, -0.1) is 0 Å². The molecule has 2 aromatic rings. The number of carbonyl (C=O) groups excluding carboxylic acids is 1. The fraction of sp³-hybridized carbons (Fsp3) is 0.588. The van der Waals surface area contributed by atoms with E-state index in [0.717, 1.165) is 35.3 Å². The SMILES string of the molecule is CCC(C)NC(=O)CCc1c(C)nc2c(c(C)nn2C)c1C. The zero-order valence-corrected chi connectivity index (χ0v) is 14.4. The van der Waals surface area contributed by atoms with Gasteiger partial charge in [-0.2, -0.15) is 5.10 Å². The first-order chi connectivity index (χ1) is 10.3. The lowest BCUT2D eigenvalue weighted by Gasteiger charge is -2.13. The van der Waals surface area contributed by atoms with Crippen molar-refractivity contribution in [1.82, 2.24) is 20.1 Å². The molecule has 0 saturated carbocycles. The Balaban J connectivity index is 2.25. The number of fused-ring (bicyclic) bond motifs is 1. The van der Waals surface area contributed by atoms with Gasteiger partial charge in [0, 0.05) is 30.6 Å². The zero-order valence-electron chi connectivity index (χ0n) is 14.4. The van der Waals surface area contributed by atoms with Crippen molar-refractivity contribution in [2.75, 3.05) is 0 Å². The number of hydrogen-bond donors (Lipinski definition) is 1. The predicted octanol–water partition coefficient (Wildman–Crippen LogP) is 2.74. The molecule has 0 saturated heterocycles. The highest BCUT2D eigenvalue weighted by molar-refractivity contribution is 5.84. The third kappa shape index (κ3) is 3.13. The molecule has 0 aliphatic heterocycles. The second kappa shape index (κ2) is 6.46. The molecular weight excluding hydrogens is 276 g/mol. The van der Waals surface area contributed by atoms with Gasteiger partial charge in [-0.05, 0) is 51.7 Å². The first-order valence-electron chi connectivity index (χ1n) is 7.93. The van der Waals surface area contributed by atoms with Gasteiger partial charge in [0.15, 0.2) is 5.65 Å². The van der Waals surface area contributed by atoms with Crippen LogP contribution in [0.4, 0.5) is 0 Å². The predicted molar refractivity (Wildman–Crippen MR) is 88.9 cm³/mol. The number of pyridine rings is 1. The molecule has 0 aliphatic carbocycles. The van der Waals surface area contributed by atoms with Gasteiger partial charge in [-0.25, -0.2) is 4.98 Å². The summed E-state index contributed by atoms with van der Waals surface area (Å²) in [6.07, 6.45) is 2.17. The minimum Gasteiger partial charge on any atom is -0.354 e. The van der Waals surface area contributed by atoms with Crippen LogP contribution in [0.5, 0.6) is 0 Å². The standard InChI is InChI=1S/C17H26N4O/c1-7-10(2)18-15(22)9-8-14-11(3)16-13(5)20-21(6)17(16)19-12(14)4/h10H,7-9H2,1-6H3,(H,18,22). The van der Waals surface area contributed by atoms with Crippen molar-refractivity contribution in [3.8, 4) is 0 Å². The van der Waals surface area contributed by atoms with Crippen LogP contribution in [-0.2, 0) is 18.3 Å². The topological polar surface area (TPSA) is 59.8 Å². The number of carbonyl (C=O) groups is 1. The third-order valence-electron chi connectivity index (χ3n) is 4.35. The average Bonchev–Trinajstić information content (AvgIpc) is 2.73. The lowest BCUT2D eigenvalue weighted by molar-refractivity contribution is -0.121. The Kier molecular flexibility index (Phi) is 4.84. The number of aromatic nitrogens is 3. The maximum atomic E-state index is 12.0. The van der Waals surface area contributed by atoms with Gasteiger partial charge in [0.2, 0.25) is 5.91 Å². The van der Waals surface area contributed by atoms with E-state index in [9.17, 15) is 4.79 Å². The van der Waals surface area contributed by atoms with Gasteiger partial charge >= 0.3 is 0 Å². The van der Waals surface area contributed by atoms with Crippen molar-refractivity contribution in [2.45, 2.75) is 59.9 Å². The molecule has 1 unspecified atom stereocenters. The Morgan fingerprint density at radius 2 is 1.95 bits per heavy atom. The lowest BCUT2D eigenvalue weighted by Crippen LogP contribution is -2.32. The van der Waals surface area contributed by atoms with E-state index in [1.807, 2.05) is 32.5 Å². The quantitative estimate of drug-likeness (QED) is 0.924. The van der Waals surface area contributed by atoms with Crippen LogP contribution in [0.25, 0.3) is 11.0 Å². The molecule has 5 nitrogen and oxygen atoms in total. The molecule has 2 heterocycles. The molecule has 2 rings (SSSR count). The van der Waals surface area contributed by atoms with Crippen molar-refractivity contribution >= 4 is 16.9 Å². The normalized spacial score (nSPS) is 12.6. The molecule has 120 valence electrons. The highest BCUT2D eigenvalue weighted by Crippen LogP contribution is 2.25. The van der Waals surface area contributed by atoms with E-state index in [0.29, 0.717) is 6.42 Å². The van der Waals surface area contributed by atoms with Crippen molar-refractivity contribution < 1.29 is 4.79 Å². The van der Waals surface area contributed by atoms with Gasteiger partial charge in [-0.3, -0.25) is 9.48 Å². The number of hydrogen-bond acceptors (Lipinski definition) is 3. The maximum Gasteiger partial charge on any atom is 0.220 e. The lowest BCUT2D eigenvalue weighted by atomic mass is 9.99. The number of amides is 1. The smallest absolute Gasteiger partial charge is 0.220 e. The minimum atomic E-state index is 0.108. The zero-order chi connectivity index (χ0) is 16.4. The Morgan fingerprint density at radius 1 is 1.27 bits per heavy atom. The van der Waals surface area contributed by atoms with E-state index in [1.165, 1.54) is 11.1 Å². The van der Waals surface area contributed by atoms with Gasteiger partial charge < -0.3 is 5.32 Å². The van der Waals surface area contributed by atoms with Crippen LogP contribution >= 0.6 is 0 Å². The first kappa shape index (κ1) is 16.5. The van der Waals surface area contributed by atoms with Crippen LogP contribution in [0.1, 0.15) is 49.2 Å². The van der Waals surface area contributed by atoms with Crippen molar-refractivity contribution in [3.05, 3.63) is 22.5 Å². The summed E-state index contributed by atoms with van der Waals surface area (Å²) in [7, 11) is 1.92. The number of nitrogens with one attached hydrogen (secondary N) is 1. The molecule has 0 fully saturated rings. The molecule has 0 spiro atoms. The van der Waals surface area contributed by atoms with Crippen molar-refractivity contribution in [2.24, 2.45) is 7.05 Å². The Labute approximate surface area is 132 Å². The summed E-state index contributed by atoms with van der Waals surface area (Å²) in [5.74, 6) is 0.108. The van der Waals surface area contributed by atoms with E-state index in [1.54, 1.807) is 0 Å². The minimum absolute atomic E-state index is 0.108. The molecule has 0 aromatic carbocycles. The molecule has 22 heavy (non-hydrogen) atoms. The maximum absolute atomic E-state index is 12.0. The molecule has 0 radical (unpaired) electrons. The Hall–Kier alpha value is -1.91. The third-order valence-corrected chi connectivity index (χ3v) is 4.35. The highest BCUT2D eigenvalue weighted by Gasteiger charge is 2.16. The van der Waals surface area contributed by atoms with Crippen LogP contribution in [0, 0.1) is 20.8 Å². The van der Waals surface area contributed by atoms with Gasteiger partial charge in [0.1, 0.15) is 0 Å². The molecule has 1 atom stereocenters. The summed E-state index contributed by atoms with van der Waals surface area (Å²) in [4.78, 5) is 16.7. The number of nitrogens with zero attached hydrogens (tertiary/aromatic N) is 3. The molecule has 1 amide bonds. The van der Waals surface area contributed by atoms with Crippen LogP contribution in [0.2, 0.25) is 0 Å². The van der Waals surface area contributed by atoms with Crippen LogP contribution in [0.15, 0.2) is 0 Å². The van der Waals surface area contributed by atoms with Gasteiger partial charge in [0.05, 0.1) is 5.69 Å². The molecule has 2 aromatic heterocycles. The second-order valence-electron chi connectivity index (χ2n) is 6.09. The molecule has 1 N–H and O–H groups in total. The summed E-state index contributed by atoms with van der Waals surface area (Å²) in [6.45, 7) is 10.2. The van der Waals surface area contributed by atoms with E-state index in [-0.39, 0.29) is 11.9 Å². The van der Waals surface area contributed by atoms with E-state index in [4.69, 9.17) is 0 Å². The van der Waals surface area contributed by atoms with Crippen molar-refractivity contribution in [1.29, 1.82) is 0 Å². The summed E-state index contributed by atoms with van der Waals surface area (Å²) < 4.78 is 1.82. The molecule has 0 bridgehead atoms. The van der Waals surface area contributed by atoms with E-state index in [2.05, 4.69) is 29.2 Å².